The van der Waals surface area contributed by atoms with Gasteiger partial charge in [0.05, 0.1) is 20.3 Å². The number of aliphatic carboxylic acids is 1. The second kappa shape index (κ2) is 6.24. The normalized spacial score (nSPS) is 24.0. The maximum absolute atomic E-state index is 12.7. The molecule has 0 spiro atoms. The van der Waals surface area contributed by atoms with Crippen LogP contribution in [0, 0.1) is 11.8 Å². The molecule has 1 heterocycles. The maximum Gasteiger partial charge on any atom is 0.307 e. The molecule has 0 aliphatic carbocycles. The van der Waals surface area contributed by atoms with Crippen LogP contribution < -0.4 is 0 Å². The molecule has 1 aromatic rings. The molecule has 2 rings (SSSR count). The first kappa shape index (κ1) is 16.7. The van der Waals surface area contributed by atoms with E-state index < -0.39 is 21.9 Å². The van der Waals surface area contributed by atoms with Crippen molar-refractivity contribution < 1.29 is 18.3 Å². The van der Waals surface area contributed by atoms with Crippen molar-refractivity contribution in [1.29, 1.82) is 0 Å². The monoisotopic (exact) mass is 395 g/mol. The van der Waals surface area contributed by atoms with E-state index in [4.69, 9.17) is 16.7 Å². The highest BCUT2D eigenvalue weighted by Crippen LogP contribution is 2.33. The van der Waals surface area contributed by atoms with Crippen molar-refractivity contribution in [2.75, 3.05) is 13.1 Å². The van der Waals surface area contributed by atoms with Crippen LogP contribution in [0.25, 0.3) is 0 Å². The number of carbonyl (C=O) groups is 1. The highest BCUT2D eigenvalue weighted by Gasteiger charge is 2.37. The molecule has 2 atom stereocenters. The van der Waals surface area contributed by atoms with Crippen LogP contribution in [0.15, 0.2) is 27.6 Å². The summed E-state index contributed by atoms with van der Waals surface area (Å²) >= 11 is 9.13. The number of nitrogens with zero attached hydrogens (tertiary/aromatic N) is 1. The Morgan fingerprint density at radius 2 is 2.10 bits per heavy atom. The smallest absolute Gasteiger partial charge is 0.307 e. The van der Waals surface area contributed by atoms with Gasteiger partial charge in [-0.25, -0.2) is 8.42 Å². The van der Waals surface area contributed by atoms with Crippen molar-refractivity contribution in [1.82, 2.24) is 4.31 Å². The van der Waals surface area contributed by atoms with E-state index in [1.165, 1.54) is 10.4 Å². The van der Waals surface area contributed by atoms with E-state index in [9.17, 15) is 13.2 Å². The fourth-order valence-corrected chi connectivity index (χ4v) is 5.30. The van der Waals surface area contributed by atoms with E-state index in [0.717, 1.165) is 0 Å². The second-order valence-electron chi connectivity index (χ2n) is 5.25. The summed E-state index contributed by atoms with van der Waals surface area (Å²) in [7, 11) is -3.78. The standard InChI is InChI=1S/C13H15BrClNO4S/c1-8-5-9(13(17)18)7-16(6-8)21(19,20)11-4-2-3-10(15)12(11)14/h2-4,8-9H,5-7H2,1H3,(H,17,18). The van der Waals surface area contributed by atoms with Crippen LogP contribution in [0.1, 0.15) is 13.3 Å². The molecule has 1 fully saturated rings. The molecule has 0 saturated carbocycles. The summed E-state index contributed by atoms with van der Waals surface area (Å²) in [5.74, 6) is -1.65. The summed E-state index contributed by atoms with van der Waals surface area (Å²) in [4.78, 5) is 11.2. The van der Waals surface area contributed by atoms with Gasteiger partial charge in [-0.3, -0.25) is 4.79 Å². The quantitative estimate of drug-likeness (QED) is 0.852. The molecule has 8 heteroatoms. The third-order valence-electron chi connectivity index (χ3n) is 3.51. The van der Waals surface area contributed by atoms with E-state index in [-0.39, 0.29) is 17.4 Å². The van der Waals surface area contributed by atoms with Gasteiger partial charge in [0.15, 0.2) is 0 Å². The van der Waals surface area contributed by atoms with Gasteiger partial charge in [-0.05, 0) is 40.4 Å². The Bertz CT molecular complexity index is 664. The minimum atomic E-state index is -3.78. The molecule has 21 heavy (non-hydrogen) atoms. The average molecular weight is 397 g/mol. The Morgan fingerprint density at radius 1 is 1.43 bits per heavy atom. The number of rotatable bonds is 3. The Kier molecular flexibility index (Phi) is 4.97. The van der Waals surface area contributed by atoms with Crippen LogP contribution in [-0.2, 0) is 14.8 Å². The van der Waals surface area contributed by atoms with Crippen molar-refractivity contribution in [2.45, 2.75) is 18.2 Å². The maximum atomic E-state index is 12.7. The Hall–Kier alpha value is -0.630. The molecule has 1 aliphatic rings. The molecule has 2 unspecified atom stereocenters. The summed E-state index contributed by atoms with van der Waals surface area (Å²) in [5, 5.41) is 9.46. The van der Waals surface area contributed by atoms with E-state index in [2.05, 4.69) is 15.9 Å². The number of halogens is 2. The first-order valence-electron chi connectivity index (χ1n) is 6.40. The first-order valence-corrected chi connectivity index (χ1v) is 9.01. The van der Waals surface area contributed by atoms with Crippen molar-refractivity contribution in [2.24, 2.45) is 11.8 Å². The molecule has 0 aromatic heterocycles. The average Bonchev–Trinajstić information content (AvgIpc) is 2.40. The van der Waals surface area contributed by atoms with Crippen molar-refractivity contribution in [3.63, 3.8) is 0 Å². The zero-order valence-corrected chi connectivity index (χ0v) is 14.4. The Morgan fingerprint density at radius 3 is 2.71 bits per heavy atom. The zero-order valence-electron chi connectivity index (χ0n) is 11.3. The van der Waals surface area contributed by atoms with Crippen molar-refractivity contribution in [3.8, 4) is 0 Å². The van der Waals surface area contributed by atoms with Gasteiger partial charge in [-0.2, -0.15) is 4.31 Å². The molecule has 1 aromatic carbocycles. The van der Waals surface area contributed by atoms with E-state index >= 15 is 0 Å². The number of hydrogen-bond acceptors (Lipinski definition) is 3. The Labute approximate surface area is 137 Å². The molecule has 1 saturated heterocycles. The number of benzene rings is 1. The number of sulfonamides is 1. The van der Waals surface area contributed by atoms with E-state index in [1.807, 2.05) is 6.92 Å². The van der Waals surface area contributed by atoms with Crippen molar-refractivity contribution >= 4 is 43.5 Å². The predicted molar refractivity (Wildman–Crippen MR) is 82.8 cm³/mol. The van der Waals surface area contributed by atoms with Crippen LogP contribution in [-0.4, -0.2) is 36.9 Å². The molecule has 0 amide bonds. The summed E-state index contributed by atoms with van der Waals surface area (Å²) in [6, 6.07) is 4.60. The van der Waals surface area contributed by atoms with Crippen molar-refractivity contribution in [3.05, 3.63) is 27.7 Å². The van der Waals surface area contributed by atoms with Crippen LogP contribution in [0.4, 0.5) is 0 Å². The van der Waals surface area contributed by atoms with E-state index in [1.54, 1.807) is 12.1 Å². The first-order chi connectivity index (χ1) is 9.73. The summed E-state index contributed by atoms with van der Waals surface area (Å²) in [5.41, 5.74) is 0. The number of carboxylic acid groups (broad SMARTS) is 1. The zero-order chi connectivity index (χ0) is 15.8. The molecule has 116 valence electrons. The van der Waals surface area contributed by atoms with Gasteiger partial charge < -0.3 is 5.11 Å². The van der Waals surface area contributed by atoms with Crippen LogP contribution >= 0.6 is 27.5 Å². The second-order valence-corrected chi connectivity index (χ2v) is 8.36. The number of piperidine rings is 1. The SMILES string of the molecule is CC1CC(C(=O)O)CN(S(=O)(=O)c2cccc(Cl)c2Br)C1. The highest BCUT2D eigenvalue weighted by atomic mass is 79.9. The lowest BCUT2D eigenvalue weighted by atomic mass is 9.92. The lowest BCUT2D eigenvalue weighted by Gasteiger charge is -2.34. The number of carboxylic acids is 1. The third kappa shape index (κ3) is 3.41. The highest BCUT2D eigenvalue weighted by molar-refractivity contribution is 9.10. The molecule has 1 N–H and O–H groups in total. The lowest BCUT2D eigenvalue weighted by Crippen LogP contribution is -2.45. The van der Waals surface area contributed by atoms with Gasteiger partial charge >= 0.3 is 5.97 Å². The summed E-state index contributed by atoms with van der Waals surface area (Å²) < 4.78 is 27.0. The van der Waals surface area contributed by atoms with Crippen LogP contribution in [0.2, 0.25) is 5.02 Å². The molecular weight excluding hydrogens is 382 g/mol. The van der Waals surface area contributed by atoms with Gasteiger partial charge in [-0.15, -0.1) is 0 Å². The van der Waals surface area contributed by atoms with Gasteiger partial charge in [0.2, 0.25) is 10.0 Å². The van der Waals surface area contributed by atoms with Gasteiger partial charge in [-0.1, -0.05) is 24.6 Å². The topological polar surface area (TPSA) is 74.7 Å². The molecule has 0 radical (unpaired) electrons. The fraction of sp³-hybridized carbons (Fsp3) is 0.462. The van der Waals surface area contributed by atoms with Crippen LogP contribution in [0.3, 0.4) is 0 Å². The number of hydrogen-bond donors (Lipinski definition) is 1. The van der Waals surface area contributed by atoms with E-state index in [0.29, 0.717) is 22.5 Å². The molecule has 5 nitrogen and oxygen atoms in total. The summed E-state index contributed by atoms with van der Waals surface area (Å²) in [6.45, 7) is 2.15. The summed E-state index contributed by atoms with van der Waals surface area (Å²) in [6.07, 6.45) is 0.484. The molecular formula is C13H15BrClNO4S. The molecule has 0 bridgehead atoms. The van der Waals surface area contributed by atoms with Gasteiger partial charge in [0, 0.05) is 13.1 Å². The minimum Gasteiger partial charge on any atom is -0.481 e. The van der Waals surface area contributed by atoms with Gasteiger partial charge in [0.1, 0.15) is 0 Å². The van der Waals surface area contributed by atoms with Gasteiger partial charge in [0.25, 0.3) is 0 Å². The predicted octanol–water partition coefficient (Wildman–Crippen LogP) is 2.83. The minimum absolute atomic E-state index is 0.00687. The molecule has 1 aliphatic heterocycles. The third-order valence-corrected chi connectivity index (χ3v) is 7.04. The Balaban J connectivity index is 2.39. The largest absolute Gasteiger partial charge is 0.481 e. The fourth-order valence-electron chi connectivity index (χ4n) is 2.50. The van der Waals surface area contributed by atoms with Crippen LogP contribution in [0.5, 0.6) is 0 Å². The lowest BCUT2D eigenvalue weighted by molar-refractivity contribution is -0.143.